The van der Waals surface area contributed by atoms with E-state index in [-0.39, 0.29) is 6.09 Å². The molecule has 1 aliphatic heterocycles. The molecular weight excluding hydrogens is 304 g/mol. The molecule has 0 radical (unpaired) electrons. The minimum atomic E-state index is -0.438. The monoisotopic (exact) mass is 326 g/mol. The largest absolute Gasteiger partial charge is 0.444 e. The van der Waals surface area contributed by atoms with Crippen LogP contribution >= 0.6 is 11.6 Å². The molecule has 0 N–H and O–H groups in total. The molecule has 1 aromatic rings. The molecule has 1 saturated heterocycles. The van der Waals surface area contributed by atoms with Crippen molar-refractivity contribution in [1.29, 1.82) is 0 Å². The summed E-state index contributed by atoms with van der Waals surface area (Å²) in [5, 5.41) is 0.401. The molecule has 122 valence electrons. The van der Waals surface area contributed by atoms with E-state index in [9.17, 15) is 4.79 Å². The number of nitrogens with zero attached hydrogens (tertiary/aromatic N) is 4. The zero-order valence-electron chi connectivity index (χ0n) is 13.5. The number of hydrogen-bond acceptors (Lipinski definition) is 5. The summed E-state index contributed by atoms with van der Waals surface area (Å²) in [4.78, 5) is 24.0. The van der Waals surface area contributed by atoms with Crippen molar-refractivity contribution in [1.82, 2.24) is 19.8 Å². The molecular formula is C15H23ClN4O2. The molecule has 2 heterocycles. The summed E-state index contributed by atoms with van der Waals surface area (Å²) < 4.78 is 5.34. The molecule has 0 unspecified atom stereocenters. The molecule has 0 aliphatic carbocycles. The van der Waals surface area contributed by atoms with Gasteiger partial charge in [0.25, 0.3) is 0 Å². The maximum atomic E-state index is 11.9. The third kappa shape index (κ3) is 5.10. The Morgan fingerprint density at radius 2 is 2.09 bits per heavy atom. The number of carbonyl (C=O) groups is 1. The molecule has 22 heavy (non-hydrogen) atoms. The number of amides is 1. The number of ether oxygens (including phenoxy) is 1. The van der Waals surface area contributed by atoms with Crippen molar-refractivity contribution in [3.8, 4) is 0 Å². The Morgan fingerprint density at radius 1 is 1.41 bits per heavy atom. The molecule has 0 spiro atoms. The summed E-state index contributed by atoms with van der Waals surface area (Å²) >= 11 is 5.72. The van der Waals surface area contributed by atoms with Gasteiger partial charge in [-0.2, -0.15) is 0 Å². The molecule has 2 rings (SSSR count). The van der Waals surface area contributed by atoms with Crippen LogP contribution in [0.1, 0.15) is 26.5 Å². The van der Waals surface area contributed by atoms with Crippen molar-refractivity contribution in [2.45, 2.75) is 32.9 Å². The first-order valence-corrected chi connectivity index (χ1v) is 7.73. The first kappa shape index (κ1) is 17.0. The van der Waals surface area contributed by atoms with Crippen molar-refractivity contribution < 1.29 is 9.53 Å². The van der Waals surface area contributed by atoms with E-state index in [4.69, 9.17) is 16.3 Å². The molecule has 1 amide bonds. The second-order valence-electron chi connectivity index (χ2n) is 6.78. The zero-order chi connectivity index (χ0) is 16.3. The van der Waals surface area contributed by atoms with E-state index in [1.165, 1.54) is 0 Å². The summed E-state index contributed by atoms with van der Waals surface area (Å²) in [6, 6.07) is 0. The maximum Gasteiger partial charge on any atom is 0.410 e. The van der Waals surface area contributed by atoms with Crippen molar-refractivity contribution in [3.05, 3.63) is 23.2 Å². The first-order chi connectivity index (χ1) is 10.2. The van der Waals surface area contributed by atoms with E-state index < -0.39 is 5.60 Å². The highest BCUT2D eigenvalue weighted by molar-refractivity contribution is 6.29. The van der Waals surface area contributed by atoms with Gasteiger partial charge < -0.3 is 14.5 Å². The average Bonchev–Trinajstić information content (AvgIpc) is 2.34. The third-order valence-electron chi connectivity index (χ3n) is 3.28. The van der Waals surface area contributed by atoms with Crippen molar-refractivity contribution in [3.63, 3.8) is 0 Å². The summed E-state index contributed by atoms with van der Waals surface area (Å²) in [7, 11) is 2.03. The van der Waals surface area contributed by atoms with Crippen LogP contribution in [0.2, 0.25) is 5.15 Å². The van der Waals surface area contributed by atoms with Crippen LogP contribution < -0.4 is 0 Å². The number of halogens is 1. The van der Waals surface area contributed by atoms with Crippen LogP contribution in [0, 0.1) is 5.92 Å². The summed E-state index contributed by atoms with van der Waals surface area (Å²) in [5.74, 6) is 0.470. The minimum absolute atomic E-state index is 0.227. The van der Waals surface area contributed by atoms with Gasteiger partial charge in [0.15, 0.2) is 0 Å². The fourth-order valence-electron chi connectivity index (χ4n) is 2.36. The van der Waals surface area contributed by atoms with Crippen LogP contribution in [-0.4, -0.2) is 58.1 Å². The summed E-state index contributed by atoms with van der Waals surface area (Å²) in [6.45, 7) is 8.74. The number of hydrogen-bond donors (Lipinski definition) is 0. The van der Waals surface area contributed by atoms with Crippen LogP contribution in [-0.2, 0) is 11.3 Å². The second-order valence-corrected chi connectivity index (χ2v) is 7.17. The first-order valence-electron chi connectivity index (χ1n) is 7.36. The van der Waals surface area contributed by atoms with E-state index in [0.717, 1.165) is 25.3 Å². The Labute approximate surface area is 136 Å². The smallest absolute Gasteiger partial charge is 0.410 e. The molecule has 0 saturated carbocycles. The number of rotatable bonds is 4. The lowest BCUT2D eigenvalue weighted by molar-refractivity contribution is -0.00556. The quantitative estimate of drug-likeness (QED) is 0.850. The molecule has 7 heteroatoms. The third-order valence-corrected chi connectivity index (χ3v) is 3.48. The predicted molar refractivity (Wildman–Crippen MR) is 84.7 cm³/mol. The molecule has 0 aromatic carbocycles. The Bertz CT molecular complexity index is 509. The van der Waals surface area contributed by atoms with Gasteiger partial charge in [0, 0.05) is 32.1 Å². The SMILES string of the molecule is CN(Cc1cnc(Cl)cn1)CC1CN(C(=O)OC(C)(C)C)C1. The van der Waals surface area contributed by atoms with Gasteiger partial charge in [-0.25, -0.2) is 9.78 Å². The summed E-state index contributed by atoms with van der Waals surface area (Å²) in [6.07, 6.45) is 3.01. The number of likely N-dealkylation sites (tertiary alicyclic amines) is 1. The lowest BCUT2D eigenvalue weighted by Gasteiger charge is -2.41. The van der Waals surface area contributed by atoms with E-state index in [1.54, 1.807) is 17.3 Å². The van der Waals surface area contributed by atoms with Gasteiger partial charge in [-0.15, -0.1) is 0 Å². The average molecular weight is 327 g/mol. The van der Waals surface area contributed by atoms with Crippen molar-refractivity contribution in [2.75, 3.05) is 26.7 Å². The predicted octanol–water partition coefficient (Wildman–Crippen LogP) is 2.43. The fourth-order valence-corrected chi connectivity index (χ4v) is 2.46. The van der Waals surface area contributed by atoms with Gasteiger partial charge in [-0.05, 0) is 27.8 Å². The van der Waals surface area contributed by atoms with Crippen LogP contribution in [0.3, 0.4) is 0 Å². The molecule has 6 nitrogen and oxygen atoms in total. The van der Waals surface area contributed by atoms with E-state index >= 15 is 0 Å². The molecule has 0 atom stereocenters. The molecule has 1 aromatic heterocycles. The lowest BCUT2D eigenvalue weighted by Crippen LogP contribution is -2.54. The highest BCUT2D eigenvalue weighted by Gasteiger charge is 2.34. The molecule has 0 bridgehead atoms. The van der Waals surface area contributed by atoms with Gasteiger partial charge in [-0.1, -0.05) is 11.6 Å². The van der Waals surface area contributed by atoms with E-state index in [1.807, 2.05) is 27.8 Å². The van der Waals surface area contributed by atoms with Gasteiger partial charge in [0.1, 0.15) is 10.8 Å². The van der Waals surface area contributed by atoms with Crippen LogP contribution in [0.4, 0.5) is 4.79 Å². The highest BCUT2D eigenvalue weighted by Crippen LogP contribution is 2.20. The Hall–Kier alpha value is -1.40. The van der Waals surface area contributed by atoms with Gasteiger partial charge in [0.05, 0.1) is 18.1 Å². The number of aromatic nitrogens is 2. The van der Waals surface area contributed by atoms with Crippen LogP contribution in [0.15, 0.2) is 12.4 Å². The van der Waals surface area contributed by atoms with Crippen molar-refractivity contribution >= 4 is 17.7 Å². The standard InChI is InChI=1S/C15H23ClN4O2/c1-15(2,3)22-14(21)20-8-11(9-20)7-19(4)10-12-5-18-13(16)6-17-12/h5-6,11H,7-10H2,1-4H3. The summed E-state index contributed by atoms with van der Waals surface area (Å²) in [5.41, 5.74) is 0.446. The number of carbonyl (C=O) groups excluding carboxylic acids is 1. The van der Waals surface area contributed by atoms with Gasteiger partial charge >= 0.3 is 6.09 Å². The highest BCUT2D eigenvalue weighted by atomic mass is 35.5. The lowest BCUT2D eigenvalue weighted by atomic mass is 10.0. The van der Waals surface area contributed by atoms with Crippen LogP contribution in [0.25, 0.3) is 0 Å². The van der Waals surface area contributed by atoms with Crippen LogP contribution in [0.5, 0.6) is 0 Å². The topological polar surface area (TPSA) is 58.6 Å². The van der Waals surface area contributed by atoms with Gasteiger partial charge in [0.2, 0.25) is 0 Å². The Balaban J connectivity index is 1.71. The normalized spacial score (nSPS) is 15.8. The minimum Gasteiger partial charge on any atom is -0.444 e. The zero-order valence-corrected chi connectivity index (χ0v) is 14.3. The molecule has 1 aliphatic rings. The second kappa shape index (κ2) is 6.79. The van der Waals surface area contributed by atoms with E-state index in [2.05, 4.69) is 14.9 Å². The van der Waals surface area contributed by atoms with E-state index in [0.29, 0.717) is 17.6 Å². The Kier molecular flexibility index (Phi) is 5.24. The van der Waals surface area contributed by atoms with Crippen molar-refractivity contribution in [2.24, 2.45) is 5.92 Å². The Morgan fingerprint density at radius 3 is 2.64 bits per heavy atom. The maximum absolute atomic E-state index is 11.9. The molecule has 1 fully saturated rings. The fraction of sp³-hybridized carbons (Fsp3) is 0.667. The van der Waals surface area contributed by atoms with Gasteiger partial charge in [-0.3, -0.25) is 4.98 Å².